The SMILES string of the molecule is Cc1cccc(OCC(=O)NCC(=O)NC2CC2)c1C. The van der Waals surface area contributed by atoms with Crippen LogP contribution < -0.4 is 15.4 Å². The van der Waals surface area contributed by atoms with Gasteiger partial charge in [0.1, 0.15) is 5.75 Å². The Morgan fingerprint density at radius 3 is 2.70 bits per heavy atom. The third kappa shape index (κ3) is 4.26. The molecule has 2 amide bonds. The molecular formula is C15H20N2O3. The highest BCUT2D eigenvalue weighted by Crippen LogP contribution is 2.20. The maximum Gasteiger partial charge on any atom is 0.258 e. The van der Waals surface area contributed by atoms with Gasteiger partial charge >= 0.3 is 0 Å². The third-order valence-corrected chi connectivity index (χ3v) is 3.30. The van der Waals surface area contributed by atoms with E-state index in [1.54, 1.807) is 0 Å². The minimum atomic E-state index is -0.295. The van der Waals surface area contributed by atoms with Gasteiger partial charge in [-0.2, -0.15) is 0 Å². The molecule has 1 aromatic rings. The number of hydrogen-bond donors (Lipinski definition) is 2. The Balaban J connectivity index is 1.71. The van der Waals surface area contributed by atoms with Crippen molar-refractivity contribution in [3.05, 3.63) is 29.3 Å². The molecule has 0 radical (unpaired) electrons. The number of ether oxygens (including phenoxy) is 1. The Hall–Kier alpha value is -2.04. The molecule has 0 heterocycles. The Morgan fingerprint density at radius 2 is 2.00 bits per heavy atom. The first kappa shape index (κ1) is 14.4. The quantitative estimate of drug-likeness (QED) is 0.817. The van der Waals surface area contributed by atoms with Crippen LogP contribution in [0.15, 0.2) is 18.2 Å². The van der Waals surface area contributed by atoms with E-state index in [1.165, 1.54) is 0 Å². The first-order valence-corrected chi connectivity index (χ1v) is 6.81. The second-order valence-electron chi connectivity index (χ2n) is 5.11. The molecule has 0 unspecified atom stereocenters. The van der Waals surface area contributed by atoms with E-state index in [-0.39, 0.29) is 25.0 Å². The molecule has 1 aliphatic rings. The molecule has 0 spiro atoms. The Morgan fingerprint density at radius 1 is 1.25 bits per heavy atom. The highest BCUT2D eigenvalue weighted by Gasteiger charge is 2.23. The summed E-state index contributed by atoms with van der Waals surface area (Å²) in [5.74, 6) is 0.257. The fourth-order valence-corrected chi connectivity index (χ4v) is 1.76. The van der Waals surface area contributed by atoms with E-state index in [2.05, 4.69) is 10.6 Å². The van der Waals surface area contributed by atoms with Crippen molar-refractivity contribution in [1.29, 1.82) is 0 Å². The molecule has 0 saturated heterocycles. The molecule has 5 heteroatoms. The summed E-state index contributed by atoms with van der Waals surface area (Å²) in [7, 11) is 0. The lowest BCUT2D eigenvalue weighted by molar-refractivity contribution is -0.127. The topological polar surface area (TPSA) is 67.4 Å². The van der Waals surface area contributed by atoms with Gasteiger partial charge < -0.3 is 15.4 Å². The van der Waals surface area contributed by atoms with E-state index < -0.39 is 0 Å². The zero-order chi connectivity index (χ0) is 14.5. The molecule has 5 nitrogen and oxygen atoms in total. The molecule has 0 aliphatic heterocycles. The number of nitrogens with one attached hydrogen (secondary N) is 2. The van der Waals surface area contributed by atoms with Gasteiger partial charge in [0.15, 0.2) is 6.61 Å². The number of hydrogen-bond acceptors (Lipinski definition) is 3. The lowest BCUT2D eigenvalue weighted by atomic mass is 10.1. The molecule has 1 fully saturated rings. The molecule has 0 aromatic heterocycles. The van der Waals surface area contributed by atoms with Gasteiger partial charge in [0.2, 0.25) is 5.91 Å². The van der Waals surface area contributed by atoms with Gasteiger partial charge in [0, 0.05) is 6.04 Å². The van der Waals surface area contributed by atoms with Crippen LogP contribution in [0, 0.1) is 13.8 Å². The summed E-state index contributed by atoms with van der Waals surface area (Å²) in [5, 5.41) is 5.35. The number of aryl methyl sites for hydroxylation is 1. The predicted octanol–water partition coefficient (Wildman–Crippen LogP) is 1.08. The van der Waals surface area contributed by atoms with Gasteiger partial charge in [-0.25, -0.2) is 0 Å². The van der Waals surface area contributed by atoms with E-state index in [0.717, 1.165) is 24.0 Å². The van der Waals surface area contributed by atoms with Crippen molar-refractivity contribution < 1.29 is 14.3 Å². The predicted molar refractivity (Wildman–Crippen MR) is 75.6 cm³/mol. The van der Waals surface area contributed by atoms with Gasteiger partial charge in [-0.15, -0.1) is 0 Å². The van der Waals surface area contributed by atoms with Crippen molar-refractivity contribution in [2.75, 3.05) is 13.2 Å². The van der Waals surface area contributed by atoms with E-state index in [0.29, 0.717) is 11.8 Å². The van der Waals surface area contributed by atoms with Crippen LogP contribution in [0.25, 0.3) is 0 Å². The zero-order valence-corrected chi connectivity index (χ0v) is 11.9. The molecule has 1 aliphatic carbocycles. The Bertz CT molecular complexity index is 510. The van der Waals surface area contributed by atoms with Crippen molar-refractivity contribution in [2.24, 2.45) is 0 Å². The summed E-state index contributed by atoms with van der Waals surface area (Å²) in [4.78, 5) is 23.0. The van der Waals surface area contributed by atoms with Gasteiger partial charge in [-0.1, -0.05) is 12.1 Å². The molecule has 0 bridgehead atoms. The van der Waals surface area contributed by atoms with Crippen LogP contribution in [-0.2, 0) is 9.59 Å². The van der Waals surface area contributed by atoms with Crippen LogP contribution in [0.1, 0.15) is 24.0 Å². The van der Waals surface area contributed by atoms with Crippen molar-refractivity contribution in [2.45, 2.75) is 32.7 Å². The van der Waals surface area contributed by atoms with Crippen LogP contribution in [0.4, 0.5) is 0 Å². The van der Waals surface area contributed by atoms with Crippen LogP contribution in [-0.4, -0.2) is 31.0 Å². The summed E-state index contributed by atoms with van der Waals surface area (Å²) in [6.45, 7) is 3.86. The second kappa shape index (κ2) is 6.41. The smallest absolute Gasteiger partial charge is 0.258 e. The molecule has 1 aromatic carbocycles. The third-order valence-electron chi connectivity index (χ3n) is 3.30. The van der Waals surface area contributed by atoms with Crippen LogP contribution in [0.2, 0.25) is 0 Å². The monoisotopic (exact) mass is 276 g/mol. The normalized spacial score (nSPS) is 13.7. The van der Waals surface area contributed by atoms with Gasteiger partial charge in [0.05, 0.1) is 6.54 Å². The Labute approximate surface area is 118 Å². The van der Waals surface area contributed by atoms with Crippen molar-refractivity contribution in [3.8, 4) is 5.75 Å². The number of amides is 2. The molecule has 108 valence electrons. The van der Waals surface area contributed by atoms with Gasteiger partial charge in [-0.3, -0.25) is 9.59 Å². The summed E-state index contributed by atoms with van der Waals surface area (Å²) in [5.41, 5.74) is 2.14. The van der Waals surface area contributed by atoms with Gasteiger partial charge in [-0.05, 0) is 43.9 Å². The molecule has 2 rings (SSSR count). The maximum absolute atomic E-state index is 11.6. The number of benzene rings is 1. The highest BCUT2D eigenvalue weighted by molar-refractivity contribution is 5.85. The van der Waals surface area contributed by atoms with Crippen molar-refractivity contribution in [3.63, 3.8) is 0 Å². The van der Waals surface area contributed by atoms with Crippen LogP contribution >= 0.6 is 0 Å². The van der Waals surface area contributed by atoms with Gasteiger partial charge in [0.25, 0.3) is 5.91 Å². The van der Waals surface area contributed by atoms with E-state index in [9.17, 15) is 9.59 Å². The fourth-order valence-electron chi connectivity index (χ4n) is 1.76. The largest absolute Gasteiger partial charge is 0.483 e. The van der Waals surface area contributed by atoms with Crippen LogP contribution in [0.3, 0.4) is 0 Å². The molecule has 1 saturated carbocycles. The summed E-state index contributed by atoms with van der Waals surface area (Å²) >= 11 is 0. The molecular weight excluding hydrogens is 256 g/mol. The van der Waals surface area contributed by atoms with E-state index in [1.807, 2.05) is 32.0 Å². The number of carbonyl (C=O) groups excluding carboxylic acids is 2. The number of carbonyl (C=O) groups is 2. The summed E-state index contributed by atoms with van der Waals surface area (Å²) in [6.07, 6.45) is 2.07. The first-order valence-electron chi connectivity index (χ1n) is 6.81. The highest BCUT2D eigenvalue weighted by atomic mass is 16.5. The van der Waals surface area contributed by atoms with Crippen molar-refractivity contribution in [1.82, 2.24) is 10.6 Å². The average molecular weight is 276 g/mol. The molecule has 2 N–H and O–H groups in total. The number of rotatable bonds is 6. The Kier molecular flexibility index (Phi) is 4.61. The second-order valence-corrected chi connectivity index (χ2v) is 5.11. The average Bonchev–Trinajstić information content (AvgIpc) is 3.22. The van der Waals surface area contributed by atoms with Crippen molar-refractivity contribution >= 4 is 11.8 Å². The standard InChI is InChI=1S/C15H20N2O3/c1-10-4-3-5-13(11(10)2)20-9-15(19)16-8-14(18)17-12-6-7-12/h3-5,12H,6-9H2,1-2H3,(H,16,19)(H,17,18). The van der Waals surface area contributed by atoms with E-state index in [4.69, 9.17) is 4.74 Å². The summed E-state index contributed by atoms with van der Waals surface area (Å²) < 4.78 is 5.46. The minimum absolute atomic E-state index is 0.00545. The molecule has 0 atom stereocenters. The van der Waals surface area contributed by atoms with E-state index >= 15 is 0 Å². The lowest BCUT2D eigenvalue weighted by Crippen LogP contribution is -2.39. The maximum atomic E-state index is 11.6. The molecule has 20 heavy (non-hydrogen) atoms. The minimum Gasteiger partial charge on any atom is -0.483 e. The summed E-state index contributed by atoms with van der Waals surface area (Å²) in [6, 6.07) is 6.02. The lowest BCUT2D eigenvalue weighted by Gasteiger charge is -2.11. The van der Waals surface area contributed by atoms with Crippen LogP contribution in [0.5, 0.6) is 5.75 Å². The zero-order valence-electron chi connectivity index (χ0n) is 11.9. The first-order chi connectivity index (χ1) is 9.56. The fraction of sp³-hybridized carbons (Fsp3) is 0.467.